The first-order valence-electron chi connectivity index (χ1n) is 6.62. The predicted molar refractivity (Wildman–Crippen MR) is 84.9 cm³/mol. The van der Waals surface area contributed by atoms with E-state index >= 15 is 0 Å². The lowest BCUT2D eigenvalue weighted by atomic mass is 10.3. The Morgan fingerprint density at radius 1 is 1.29 bits per heavy atom. The van der Waals surface area contributed by atoms with Crippen molar-refractivity contribution in [2.24, 2.45) is 5.84 Å². The van der Waals surface area contributed by atoms with E-state index in [1.165, 1.54) is 11.8 Å². The van der Waals surface area contributed by atoms with Crippen molar-refractivity contribution < 1.29 is 0 Å². The van der Waals surface area contributed by atoms with Crippen LogP contribution in [0.15, 0.2) is 9.37 Å². The standard InChI is InChI=1S/C12H17N7S2/c1-6-8(16-13)14-9(7-4-5-7)15-10(6)20-12-18-17-11(21-12)19(2)3/h7H,4-5,13H2,1-3H3,(H,14,15,16). The van der Waals surface area contributed by atoms with Crippen LogP contribution in [0.2, 0.25) is 0 Å². The summed E-state index contributed by atoms with van der Waals surface area (Å²) in [5.41, 5.74) is 3.60. The first-order valence-corrected chi connectivity index (χ1v) is 8.25. The molecule has 0 aromatic carbocycles. The smallest absolute Gasteiger partial charge is 0.208 e. The Kier molecular flexibility index (Phi) is 3.96. The fraction of sp³-hybridized carbons (Fsp3) is 0.500. The summed E-state index contributed by atoms with van der Waals surface area (Å²) in [5, 5.41) is 10.1. The summed E-state index contributed by atoms with van der Waals surface area (Å²) in [6.07, 6.45) is 2.31. The number of rotatable bonds is 5. The van der Waals surface area contributed by atoms with Gasteiger partial charge in [-0.3, -0.25) is 0 Å². The molecule has 2 heterocycles. The fourth-order valence-electron chi connectivity index (χ4n) is 1.78. The highest BCUT2D eigenvalue weighted by Crippen LogP contribution is 2.41. The van der Waals surface area contributed by atoms with Gasteiger partial charge in [0.25, 0.3) is 0 Å². The number of nitrogens with two attached hydrogens (primary N) is 1. The van der Waals surface area contributed by atoms with Crippen LogP contribution in [0.3, 0.4) is 0 Å². The molecule has 0 atom stereocenters. The molecule has 0 radical (unpaired) electrons. The average Bonchev–Trinajstić information content (AvgIpc) is 3.20. The highest BCUT2D eigenvalue weighted by molar-refractivity contribution is 8.01. The largest absolute Gasteiger partial charge is 0.353 e. The van der Waals surface area contributed by atoms with Gasteiger partial charge in [-0.2, -0.15) is 0 Å². The summed E-state index contributed by atoms with van der Waals surface area (Å²) in [6, 6.07) is 0. The van der Waals surface area contributed by atoms with E-state index in [0.717, 1.165) is 38.7 Å². The molecule has 1 saturated carbocycles. The van der Waals surface area contributed by atoms with Crippen molar-refractivity contribution in [1.29, 1.82) is 0 Å². The van der Waals surface area contributed by atoms with Crippen LogP contribution >= 0.6 is 23.1 Å². The third-order valence-electron chi connectivity index (χ3n) is 3.16. The molecule has 0 saturated heterocycles. The van der Waals surface area contributed by atoms with Crippen LogP contribution in [0.1, 0.15) is 30.1 Å². The number of nitrogens with zero attached hydrogens (tertiary/aromatic N) is 5. The summed E-state index contributed by atoms with van der Waals surface area (Å²) in [7, 11) is 3.90. The molecule has 3 N–H and O–H groups in total. The molecular formula is C12H17N7S2. The van der Waals surface area contributed by atoms with Crippen LogP contribution < -0.4 is 16.2 Å². The Bertz CT molecular complexity index is 651. The second-order valence-corrected chi connectivity index (χ2v) is 7.32. The first kappa shape index (κ1) is 14.5. The van der Waals surface area contributed by atoms with Crippen LogP contribution in [0.4, 0.5) is 10.9 Å². The molecule has 0 spiro atoms. The number of anilines is 2. The molecule has 2 aromatic rings. The third kappa shape index (κ3) is 3.09. The maximum absolute atomic E-state index is 5.56. The minimum Gasteiger partial charge on any atom is -0.353 e. The van der Waals surface area contributed by atoms with Gasteiger partial charge in [-0.1, -0.05) is 11.3 Å². The third-order valence-corrected chi connectivity index (χ3v) is 5.39. The number of hydrazine groups is 1. The normalized spacial score (nSPS) is 14.3. The van der Waals surface area contributed by atoms with Crippen molar-refractivity contribution in [3.05, 3.63) is 11.4 Å². The van der Waals surface area contributed by atoms with Crippen molar-refractivity contribution in [1.82, 2.24) is 20.2 Å². The van der Waals surface area contributed by atoms with Crippen LogP contribution in [0, 0.1) is 6.92 Å². The van der Waals surface area contributed by atoms with Gasteiger partial charge in [0, 0.05) is 25.6 Å². The minimum absolute atomic E-state index is 0.476. The lowest BCUT2D eigenvalue weighted by molar-refractivity contribution is 0.860. The molecule has 112 valence electrons. The number of nitrogen functional groups attached to an aromatic ring is 1. The maximum atomic E-state index is 5.56. The lowest BCUT2D eigenvalue weighted by Gasteiger charge is -2.10. The second kappa shape index (κ2) is 5.74. The molecule has 9 heteroatoms. The fourth-order valence-corrected chi connectivity index (χ4v) is 3.55. The zero-order valence-corrected chi connectivity index (χ0v) is 13.8. The van der Waals surface area contributed by atoms with E-state index in [1.807, 2.05) is 25.9 Å². The van der Waals surface area contributed by atoms with Crippen LogP contribution in [0.25, 0.3) is 0 Å². The lowest BCUT2D eigenvalue weighted by Crippen LogP contribution is -2.13. The van der Waals surface area contributed by atoms with Gasteiger partial charge in [-0.25, -0.2) is 15.8 Å². The molecule has 3 rings (SSSR count). The Morgan fingerprint density at radius 2 is 2.05 bits per heavy atom. The predicted octanol–water partition coefficient (Wildman–Crippen LogP) is 2.02. The van der Waals surface area contributed by atoms with Crippen molar-refractivity contribution in [2.45, 2.75) is 35.0 Å². The van der Waals surface area contributed by atoms with E-state index in [2.05, 4.69) is 25.6 Å². The van der Waals surface area contributed by atoms with Gasteiger partial charge in [0.05, 0.1) is 0 Å². The summed E-state index contributed by atoms with van der Waals surface area (Å²) < 4.78 is 0.866. The van der Waals surface area contributed by atoms with E-state index in [4.69, 9.17) is 5.84 Å². The maximum Gasteiger partial charge on any atom is 0.208 e. The monoisotopic (exact) mass is 323 g/mol. The Morgan fingerprint density at radius 3 is 2.62 bits per heavy atom. The molecule has 0 aliphatic heterocycles. The van der Waals surface area contributed by atoms with E-state index in [-0.39, 0.29) is 0 Å². The van der Waals surface area contributed by atoms with Crippen molar-refractivity contribution in [3.8, 4) is 0 Å². The number of nitrogens with one attached hydrogen (secondary N) is 1. The quantitative estimate of drug-likeness (QED) is 0.490. The summed E-state index contributed by atoms with van der Waals surface area (Å²) in [4.78, 5) is 11.1. The zero-order chi connectivity index (χ0) is 15.0. The van der Waals surface area contributed by atoms with Gasteiger partial charge in [0.15, 0.2) is 4.34 Å². The Labute approximate surface area is 131 Å². The molecule has 7 nitrogen and oxygen atoms in total. The minimum atomic E-state index is 0.476. The molecule has 1 aliphatic carbocycles. The highest BCUT2D eigenvalue weighted by Gasteiger charge is 2.28. The molecule has 0 unspecified atom stereocenters. The van der Waals surface area contributed by atoms with Crippen molar-refractivity contribution in [2.75, 3.05) is 24.4 Å². The van der Waals surface area contributed by atoms with Gasteiger partial charge in [-0.15, -0.1) is 10.2 Å². The van der Waals surface area contributed by atoms with Gasteiger partial charge < -0.3 is 10.3 Å². The highest BCUT2D eigenvalue weighted by atomic mass is 32.2. The van der Waals surface area contributed by atoms with E-state index in [9.17, 15) is 0 Å². The average molecular weight is 323 g/mol. The molecule has 0 bridgehead atoms. The number of hydrogen-bond donors (Lipinski definition) is 2. The molecule has 1 fully saturated rings. The van der Waals surface area contributed by atoms with Gasteiger partial charge in [0.1, 0.15) is 16.7 Å². The summed E-state index contributed by atoms with van der Waals surface area (Å²) in [6.45, 7) is 1.96. The first-order chi connectivity index (χ1) is 10.1. The van der Waals surface area contributed by atoms with Gasteiger partial charge >= 0.3 is 0 Å². The van der Waals surface area contributed by atoms with Crippen LogP contribution in [-0.2, 0) is 0 Å². The molecule has 2 aromatic heterocycles. The van der Waals surface area contributed by atoms with Crippen LogP contribution in [0.5, 0.6) is 0 Å². The number of hydrogen-bond acceptors (Lipinski definition) is 9. The summed E-state index contributed by atoms with van der Waals surface area (Å²) in [5.74, 6) is 7.60. The zero-order valence-electron chi connectivity index (χ0n) is 12.1. The van der Waals surface area contributed by atoms with Gasteiger partial charge in [0.2, 0.25) is 5.13 Å². The molecule has 1 aliphatic rings. The number of aromatic nitrogens is 4. The second-order valence-electron chi connectivity index (χ2n) is 5.13. The SMILES string of the molecule is Cc1c(NN)nc(C2CC2)nc1Sc1nnc(N(C)C)s1. The summed E-state index contributed by atoms with van der Waals surface area (Å²) >= 11 is 3.06. The van der Waals surface area contributed by atoms with E-state index in [1.54, 1.807) is 11.3 Å². The Hall–Kier alpha value is -1.45. The van der Waals surface area contributed by atoms with Crippen molar-refractivity contribution >= 4 is 34.0 Å². The van der Waals surface area contributed by atoms with E-state index < -0.39 is 0 Å². The topological polar surface area (TPSA) is 92.8 Å². The van der Waals surface area contributed by atoms with Crippen molar-refractivity contribution in [3.63, 3.8) is 0 Å². The molecule has 21 heavy (non-hydrogen) atoms. The van der Waals surface area contributed by atoms with E-state index in [0.29, 0.717) is 11.7 Å². The van der Waals surface area contributed by atoms with Crippen LogP contribution in [-0.4, -0.2) is 34.3 Å². The molecule has 0 amide bonds. The molecular weight excluding hydrogens is 306 g/mol. The Balaban J connectivity index is 1.90. The van der Waals surface area contributed by atoms with Gasteiger partial charge in [-0.05, 0) is 31.5 Å².